The van der Waals surface area contributed by atoms with Gasteiger partial charge in [0.05, 0.1) is 18.9 Å². The molecule has 0 bridgehead atoms. The summed E-state index contributed by atoms with van der Waals surface area (Å²) in [6, 6.07) is 1.95. The number of aryl methyl sites for hydroxylation is 2. The third-order valence-corrected chi connectivity index (χ3v) is 3.89. The van der Waals surface area contributed by atoms with Crippen molar-refractivity contribution in [1.29, 1.82) is 0 Å². The summed E-state index contributed by atoms with van der Waals surface area (Å²) in [5.41, 5.74) is 3.07. The molecule has 6 nitrogen and oxygen atoms in total. The number of carbonyl (C=O) groups excluding carboxylic acids is 1. The summed E-state index contributed by atoms with van der Waals surface area (Å²) in [7, 11) is 0. The standard InChI is InChI=1S/C15H20N4O2/c1-4-12-9-18(5-6-21-12)15(20)13-8-16-19-11(3)7-10(2)17-14(13)19/h7-8,12H,4-6,9H2,1-3H3/t12-/m1/s1. The molecule has 6 heteroatoms. The monoisotopic (exact) mass is 288 g/mol. The number of hydrogen-bond acceptors (Lipinski definition) is 4. The predicted octanol–water partition coefficient (Wildman–Crippen LogP) is 1.60. The highest BCUT2D eigenvalue weighted by atomic mass is 16.5. The molecule has 3 heterocycles. The Bertz CT molecular complexity index is 680. The summed E-state index contributed by atoms with van der Waals surface area (Å²) in [6.45, 7) is 7.81. The molecule has 0 aliphatic carbocycles. The van der Waals surface area contributed by atoms with Crippen LogP contribution in [0.1, 0.15) is 35.1 Å². The lowest BCUT2D eigenvalue weighted by Gasteiger charge is -2.32. The van der Waals surface area contributed by atoms with E-state index in [1.165, 1.54) is 0 Å². The van der Waals surface area contributed by atoms with Crippen molar-refractivity contribution in [3.8, 4) is 0 Å². The summed E-state index contributed by atoms with van der Waals surface area (Å²) in [5, 5.41) is 4.29. The molecule has 1 aliphatic heterocycles. The van der Waals surface area contributed by atoms with Crippen LogP contribution in [0.15, 0.2) is 12.3 Å². The number of hydrogen-bond donors (Lipinski definition) is 0. The van der Waals surface area contributed by atoms with Crippen molar-refractivity contribution in [1.82, 2.24) is 19.5 Å². The average Bonchev–Trinajstić information content (AvgIpc) is 2.90. The van der Waals surface area contributed by atoms with E-state index >= 15 is 0 Å². The Morgan fingerprint density at radius 1 is 1.48 bits per heavy atom. The Morgan fingerprint density at radius 2 is 2.29 bits per heavy atom. The van der Waals surface area contributed by atoms with E-state index in [0.29, 0.717) is 30.9 Å². The number of carbonyl (C=O) groups is 1. The fourth-order valence-electron chi connectivity index (χ4n) is 2.74. The lowest BCUT2D eigenvalue weighted by Crippen LogP contribution is -2.45. The largest absolute Gasteiger partial charge is 0.375 e. The minimum atomic E-state index is -0.00995. The first-order valence-corrected chi connectivity index (χ1v) is 7.33. The molecule has 2 aromatic heterocycles. The van der Waals surface area contributed by atoms with Gasteiger partial charge in [-0.25, -0.2) is 9.50 Å². The smallest absolute Gasteiger partial charge is 0.259 e. The van der Waals surface area contributed by atoms with Crippen LogP contribution in [0.3, 0.4) is 0 Å². The van der Waals surface area contributed by atoms with E-state index < -0.39 is 0 Å². The second kappa shape index (κ2) is 5.44. The van der Waals surface area contributed by atoms with Crippen molar-refractivity contribution in [2.24, 2.45) is 0 Å². The van der Waals surface area contributed by atoms with Crippen LogP contribution in [-0.4, -0.2) is 51.2 Å². The van der Waals surface area contributed by atoms with E-state index in [1.807, 2.05) is 24.8 Å². The molecule has 1 fully saturated rings. The van der Waals surface area contributed by atoms with Crippen LogP contribution < -0.4 is 0 Å². The molecule has 0 unspecified atom stereocenters. The quantitative estimate of drug-likeness (QED) is 0.842. The van der Waals surface area contributed by atoms with Gasteiger partial charge in [0.25, 0.3) is 5.91 Å². The van der Waals surface area contributed by atoms with E-state index in [1.54, 1.807) is 10.7 Å². The number of ether oxygens (including phenoxy) is 1. The number of nitrogens with zero attached hydrogens (tertiary/aromatic N) is 4. The molecule has 1 aliphatic rings. The Balaban J connectivity index is 1.95. The van der Waals surface area contributed by atoms with Gasteiger partial charge in [-0.1, -0.05) is 6.92 Å². The van der Waals surface area contributed by atoms with E-state index in [2.05, 4.69) is 17.0 Å². The molecule has 0 radical (unpaired) electrons. The molecule has 2 aromatic rings. The van der Waals surface area contributed by atoms with Crippen LogP contribution in [0.4, 0.5) is 0 Å². The van der Waals surface area contributed by atoms with Crippen LogP contribution >= 0.6 is 0 Å². The van der Waals surface area contributed by atoms with E-state index in [0.717, 1.165) is 17.8 Å². The Kier molecular flexibility index (Phi) is 3.63. The van der Waals surface area contributed by atoms with Gasteiger partial charge in [-0.2, -0.15) is 5.10 Å². The molecule has 0 spiro atoms. The molecule has 3 rings (SSSR count). The van der Waals surface area contributed by atoms with Gasteiger partial charge in [0.1, 0.15) is 5.56 Å². The van der Waals surface area contributed by atoms with Crippen molar-refractivity contribution in [2.75, 3.05) is 19.7 Å². The summed E-state index contributed by atoms with van der Waals surface area (Å²) in [4.78, 5) is 19.1. The van der Waals surface area contributed by atoms with E-state index in [9.17, 15) is 4.79 Å². The first-order chi connectivity index (χ1) is 10.1. The van der Waals surface area contributed by atoms with E-state index in [-0.39, 0.29) is 12.0 Å². The van der Waals surface area contributed by atoms with Crippen molar-refractivity contribution in [3.05, 3.63) is 29.2 Å². The molecule has 0 aromatic carbocycles. The third-order valence-electron chi connectivity index (χ3n) is 3.89. The first-order valence-electron chi connectivity index (χ1n) is 7.33. The SMILES string of the molecule is CC[C@@H]1CN(C(=O)c2cnn3c(C)cc(C)nc23)CCO1. The van der Waals surface area contributed by atoms with Crippen LogP contribution in [0.25, 0.3) is 5.65 Å². The third kappa shape index (κ3) is 2.51. The second-order valence-corrected chi connectivity index (χ2v) is 5.48. The topological polar surface area (TPSA) is 59.7 Å². The average molecular weight is 288 g/mol. The van der Waals surface area contributed by atoms with Gasteiger partial charge in [0.15, 0.2) is 5.65 Å². The first kappa shape index (κ1) is 14.0. The number of morpholine rings is 1. The van der Waals surface area contributed by atoms with Gasteiger partial charge >= 0.3 is 0 Å². The minimum absolute atomic E-state index is 0.00995. The maximum Gasteiger partial charge on any atom is 0.259 e. The Hall–Kier alpha value is -1.95. The highest BCUT2D eigenvalue weighted by Crippen LogP contribution is 2.17. The molecule has 0 saturated carbocycles. The van der Waals surface area contributed by atoms with Gasteiger partial charge in [0, 0.05) is 24.5 Å². The van der Waals surface area contributed by atoms with Crippen molar-refractivity contribution in [3.63, 3.8) is 0 Å². The van der Waals surface area contributed by atoms with Gasteiger partial charge in [-0.05, 0) is 26.3 Å². The lowest BCUT2D eigenvalue weighted by atomic mass is 10.2. The minimum Gasteiger partial charge on any atom is -0.375 e. The van der Waals surface area contributed by atoms with Crippen LogP contribution in [-0.2, 0) is 4.74 Å². The zero-order valence-electron chi connectivity index (χ0n) is 12.7. The molecule has 1 atom stereocenters. The van der Waals surface area contributed by atoms with Gasteiger partial charge in [-0.3, -0.25) is 4.79 Å². The van der Waals surface area contributed by atoms with Gasteiger partial charge in [-0.15, -0.1) is 0 Å². The van der Waals surface area contributed by atoms with Crippen LogP contribution in [0, 0.1) is 13.8 Å². The van der Waals surface area contributed by atoms with Crippen molar-refractivity contribution < 1.29 is 9.53 Å². The fourth-order valence-corrected chi connectivity index (χ4v) is 2.74. The summed E-state index contributed by atoms with van der Waals surface area (Å²) < 4.78 is 7.34. The van der Waals surface area contributed by atoms with Crippen LogP contribution in [0.5, 0.6) is 0 Å². The zero-order chi connectivity index (χ0) is 15.0. The highest BCUT2D eigenvalue weighted by molar-refractivity contribution is 5.99. The van der Waals surface area contributed by atoms with Gasteiger partial charge in [0.2, 0.25) is 0 Å². The highest BCUT2D eigenvalue weighted by Gasteiger charge is 2.26. The molecule has 21 heavy (non-hydrogen) atoms. The number of aromatic nitrogens is 3. The van der Waals surface area contributed by atoms with Gasteiger partial charge < -0.3 is 9.64 Å². The molecular formula is C15H20N4O2. The van der Waals surface area contributed by atoms with Crippen molar-refractivity contribution in [2.45, 2.75) is 33.3 Å². The molecular weight excluding hydrogens is 268 g/mol. The summed E-state index contributed by atoms with van der Waals surface area (Å²) in [5.74, 6) is -0.00995. The lowest BCUT2D eigenvalue weighted by molar-refractivity contribution is -0.0225. The summed E-state index contributed by atoms with van der Waals surface area (Å²) in [6.07, 6.45) is 2.66. The molecule has 1 amide bonds. The zero-order valence-corrected chi connectivity index (χ0v) is 12.7. The molecule has 112 valence electrons. The number of rotatable bonds is 2. The fraction of sp³-hybridized carbons (Fsp3) is 0.533. The molecule has 1 saturated heterocycles. The predicted molar refractivity (Wildman–Crippen MR) is 78.4 cm³/mol. The van der Waals surface area contributed by atoms with Crippen molar-refractivity contribution >= 4 is 11.6 Å². The molecule has 0 N–H and O–H groups in total. The number of fused-ring (bicyclic) bond motifs is 1. The van der Waals surface area contributed by atoms with Crippen LogP contribution in [0.2, 0.25) is 0 Å². The maximum absolute atomic E-state index is 12.7. The van der Waals surface area contributed by atoms with E-state index in [4.69, 9.17) is 4.74 Å². The Labute approximate surface area is 123 Å². The summed E-state index contributed by atoms with van der Waals surface area (Å²) >= 11 is 0. The number of amides is 1. The maximum atomic E-state index is 12.7. The second-order valence-electron chi connectivity index (χ2n) is 5.48. The normalized spacial score (nSPS) is 19.2. The Morgan fingerprint density at radius 3 is 3.05 bits per heavy atom.